The van der Waals surface area contributed by atoms with Crippen molar-refractivity contribution in [3.05, 3.63) is 92.2 Å². The van der Waals surface area contributed by atoms with Gasteiger partial charge in [0.25, 0.3) is 5.56 Å². The normalized spacial score (nSPS) is 11.2. The van der Waals surface area contributed by atoms with Crippen molar-refractivity contribution in [2.75, 3.05) is 7.11 Å². The number of methoxy groups -OCH3 is 1. The molecule has 0 spiro atoms. The topological polar surface area (TPSA) is 40.5 Å². The molecule has 0 unspecified atom stereocenters. The highest BCUT2D eigenvalue weighted by atomic mass is 79.9. The van der Waals surface area contributed by atoms with E-state index < -0.39 is 46.2 Å². The van der Waals surface area contributed by atoms with Crippen LogP contribution in [0, 0.1) is 34.9 Å². The molecule has 1 aromatic heterocycles. The Hall–Kier alpha value is -3.12. The minimum absolute atomic E-state index is 0.122. The molecule has 0 aliphatic rings. The van der Waals surface area contributed by atoms with Gasteiger partial charge in [0.1, 0.15) is 11.6 Å². The van der Waals surface area contributed by atoms with Crippen LogP contribution < -0.4 is 14.5 Å². The van der Waals surface area contributed by atoms with Crippen LogP contribution in [0.15, 0.2) is 56.6 Å². The Kier molecular flexibility index (Phi) is 6.54. The van der Waals surface area contributed by atoms with E-state index in [0.717, 1.165) is 6.07 Å². The highest BCUT2D eigenvalue weighted by Crippen LogP contribution is 2.35. The van der Waals surface area contributed by atoms with E-state index in [-0.39, 0.29) is 20.8 Å². The highest BCUT2D eigenvalue weighted by molar-refractivity contribution is 9.10. The lowest BCUT2D eigenvalue weighted by Gasteiger charge is -2.15. The maximum Gasteiger partial charge on any atom is 0.255 e. The summed E-state index contributed by atoms with van der Waals surface area (Å²) in [5.41, 5.74) is -0.0458. The monoisotopic (exact) mass is 561 g/mol. The summed E-state index contributed by atoms with van der Waals surface area (Å²) >= 11 is 3.39. The average Bonchev–Trinajstić information content (AvgIpc) is 2.83. The van der Waals surface area contributed by atoms with Crippen molar-refractivity contribution in [2.24, 2.45) is 0 Å². The molecule has 0 saturated carbocycles. The highest BCUT2D eigenvalue weighted by Gasteiger charge is 2.27. The molecule has 0 radical (unpaired) electrons. The van der Waals surface area contributed by atoms with Gasteiger partial charge < -0.3 is 8.92 Å². The lowest BCUT2D eigenvalue weighted by molar-refractivity contribution is 0.355. The molecule has 176 valence electrons. The van der Waals surface area contributed by atoms with Gasteiger partial charge in [0.15, 0.2) is 0 Å². The molecular weight excluding hydrogens is 552 g/mol. The summed E-state index contributed by atoms with van der Waals surface area (Å²) in [6, 6.07) is 9.40. The second-order valence-electron chi connectivity index (χ2n) is 6.73. The Balaban J connectivity index is 1.75. The van der Waals surface area contributed by atoms with Crippen LogP contribution in [-0.2, 0) is 0 Å². The Morgan fingerprint density at radius 1 is 0.853 bits per heavy atom. The molecule has 0 saturated heterocycles. The van der Waals surface area contributed by atoms with Crippen molar-refractivity contribution in [3.8, 4) is 17.2 Å². The number of fused-ring (bicyclic) bond motifs is 1. The smallest absolute Gasteiger partial charge is 0.255 e. The minimum atomic E-state index is -2.30. The average molecular weight is 562 g/mol. The molecule has 1 heterocycles. The van der Waals surface area contributed by atoms with Crippen LogP contribution in [0.25, 0.3) is 16.6 Å². The molecule has 0 fully saturated rings. The third-order valence-electron chi connectivity index (χ3n) is 4.72. The summed E-state index contributed by atoms with van der Waals surface area (Å²) in [6.07, 6.45) is 0. The summed E-state index contributed by atoms with van der Waals surface area (Å²) in [7, 11) is 1.35. The van der Waals surface area contributed by atoms with Crippen LogP contribution in [0.1, 0.15) is 0 Å². The molecule has 12 heteroatoms. The zero-order chi connectivity index (χ0) is 24.7. The Morgan fingerprint density at radius 2 is 1.50 bits per heavy atom. The maximum absolute atomic E-state index is 14.2. The molecule has 0 N–H and O–H groups in total. The molecule has 4 nitrogen and oxygen atoms in total. The van der Waals surface area contributed by atoms with Gasteiger partial charge in [0.05, 0.1) is 34.8 Å². The van der Waals surface area contributed by atoms with Gasteiger partial charge in [-0.2, -0.15) is 8.78 Å². The fraction of sp³-hybridized carbons (Fsp3) is 0.0455. The lowest BCUT2D eigenvalue weighted by Crippen LogP contribution is -2.18. The van der Waals surface area contributed by atoms with E-state index in [0.29, 0.717) is 22.9 Å². The summed E-state index contributed by atoms with van der Waals surface area (Å²) < 4.78 is 93.2. The third-order valence-corrected chi connectivity index (χ3v) is 6.02. The Labute approximate surface area is 200 Å². The van der Waals surface area contributed by atoms with E-state index in [1.54, 1.807) is 0 Å². The molecule has 0 atom stereocenters. The molecule has 3 aromatic carbocycles. The standard InChI is InChI=1S/C22H10BrF6NO3S/c1-32-15-7-11(23)12(24)8-14(15)30-13-4-3-10(6-9(13)2-5-16(30)31)34-33-22-20(28)18(26)17(25)19(27)21(22)29/h2-8H,1H3. The number of hydrogen-bond acceptors (Lipinski definition) is 4. The summed E-state index contributed by atoms with van der Waals surface area (Å²) in [4.78, 5) is 12.8. The summed E-state index contributed by atoms with van der Waals surface area (Å²) in [5, 5.41) is 0.427. The van der Waals surface area contributed by atoms with Crippen LogP contribution in [0.3, 0.4) is 0 Å². The van der Waals surface area contributed by atoms with Gasteiger partial charge in [-0.1, -0.05) is 0 Å². The number of pyridine rings is 1. The van der Waals surface area contributed by atoms with Gasteiger partial charge in [-0.05, 0) is 46.3 Å². The van der Waals surface area contributed by atoms with E-state index in [1.807, 2.05) is 0 Å². The van der Waals surface area contributed by atoms with Crippen molar-refractivity contribution >= 4 is 38.9 Å². The second-order valence-corrected chi connectivity index (χ2v) is 8.39. The zero-order valence-electron chi connectivity index (χ0n) is 16.8. The number of rotatable bonds is 5. The van der Waals surface area contributed by atoms with Gasteiger partial charge in [-0.15, -0.1) is 0 Å². The maximum atomic E-state index is 14.2. The molecule has 0 aliphatic carbocycles. The van der Waals surface area contributed by atoms with Crippen molar-refractivity contribution in [1.82, 2.24) is 4.57 Å². The predicted octanol–water partition coefficient (Wildman–Crippen LogP) is 6.68. The first-order valence-corrected chi connectivity index (χ1v) is 10.7. The Bertz CT molecular complexity index is 1480. The van der Waals surface area contributed by atoms with Gasteiger partial charge in [-0.25, -0.2) is 17.6 Å². The van der Waals surface area contributed by atoms with E-state index in [1.165, 1.54) is 48.1 Å². The van der Waals surface area contributed by atoms with Crippen LogP contribution >= 0.6 is 28.0 Å². The fourth-order valence-corrected chi connectivity index (χ4v) is 4.08. The van der Waals surface area contributed by atoms with E-state index in [9.17, 15) is 31.1 Å². The van der Waals surface area contributed by atoms with Gasteiger partial charge in [0.2, 0.25) is 34.8 Å². The molecule has 0 aliphatic heterocycles. The van der Waals surface area contributed by atoms with E-state index >= 15 is 0 Å². The predicted molar refractivity (Wildman–Crippen MR) is 116 cm³/mol. The van der Waals surface area contributed by atoms with Crippen LogP contribution in [0.5, 0.6) is 11.5 Å². The van der Waals surface area contributed by atoms with Crippen LogP contribution in [0.4, 0.5) is 26.3 Å². The number of ether oxygens (including phenoxy) is 1. The molecule has 0 amide bonds. The van der Waals surface area contributed by atoms with Crippen LogP contribution in [-0.4, -0.2) is 11.7 Å². The summed E-state index contributed by atoms with van der Waals surface area (Å²) in [5.74, 6) is -12.7. The van der Waals surface area contributed by atoms with Crippen molar-refractivity contribution in [3.63, 3.8) is 0 Å². The Morgan fingerprint density at radius 3 is 2.15 bits per heavy atom. The van der Waals surface area contributed by atoms with Crippen molar-refractivity contribution < 1.29 is 35.3 Å². The van der Waals surface area contributed by atoms with E-state index in [2.05, 4.69) is 15.9 Å². The fourth-order valence-electron chi connectivity index (χ4n) is 3.13. The van der Waals surface area contributed by atoms with Gasteiger partial charge in [0, 0.05) is 22.4 Å². The molecular formula is C22H10BrF6NO3S. The zero-order valence-corrected chi connectivity index (χ0v) is 19.2. The number of benzene rings is 3. The molecule has 4 rings (SSSR count). The first-order valence-electron chi connectivity index (χ1n) is 9.19. The number of halogens is 7. The van der Waals surface area contributed by atoms with Gasteiger partial charge in [-0.3, -0.25) is 9.36 Å². The number of nitrogens with zero attached hydrogens (tertiary/aromatic N) is 1. The first kappa shape index (κ1) is 24.0. The molecule has 4 aromatic rings. The largest absolute Gasteiger partial charge is 0.495 e. The molecule has 0 bridgehead atoms. The third kappa shape index (κ3) is 4.11. The van der Waals surface area contributed by atoms with Crippen molar-refractivity contribution in [1.29, 1.82) is 0 Å². The lowest BCUT2D eigenvalue weighted by atomic mass is 10.2. The van der Waals surface area contributed by atoms with Crippen molar-refractivity contribution in [2.45, 2.75) is 4.90 Å². The number of aromatic nitrogens is 1. The summed E-state index contributed by atoms with van der Waals surface area (Å²) in [6.45, 7) is 0. The minimum Gasteiger partial charge on any atom is -0.495 e. The SMILES string of the molecule is COc1cc(Br)c(F)cc1-n1c(=O)ccc2cc(SOc3c(F)c(F)c(F)c(F)c3F)ccc21. The first-order chi connectivity index (χ1) is 16.1. The number of hydrogen-bond donors (Lipinski definition) is 0. The van der Waals surface area contributed by atoms with E-state index in [4.69, 9.17) is 8.92 Å². The molecule has 34 heavy (non-hydrogen) atoms. The quantitative estimate of drug-likeness (QED) is 0.118. The van der Waals surface area contributed by atoms with Crippen LogP contribution in [0.2, 0.25) is 0 Å². The second kappa shape index (κ2) is 9.26. The van der Waals surface area contributed by atoms with Gasteiger partial charge >= 0.3 is 0 Å².